The molecule has 0 aromatic carbocycles. The summed E-state index contributed by atoms with van der Waals surface area (Å²) in [5.41, 5.74) is 0.464. The molecular weight excluding hydrogens is 262 g/mol. The maximum absolute atomic E-state index is 12.0. The van der Waals surface area contributed by atoms with Gasteiger partial charge in [0.05, 0.1) is 11.9 Å². The number of hydrogen-bond acceptors (Lipinski definition) is 3. The molecule has 5 heteroatoms. The molecule has 1 aromatic heterocycles. The molecule has 1 heterocycles. The van der Waals surface area contributed by atoms with E-state index in [2.05, 4.69) is 24.3 Å². The van der Waals surface area contributed by atoms with Crippen molar-refractivity contribution in [3.63, 3.8) is 0 Å². The van der Waals surface area contributed by atoms with Crippen LogP contribution in [0.5, 0.6) is 0 Å². The van der Waals surface area contributed by atoms with Crippen molar-refractivity contribution in [2.75, 3.05) is 11.9 Å². The van der Waals surface area contributed by atoms with Crippen molar-refractivity contribution in [3.8, 4) is 0 Å². The Morgan fingerprint density at radius 1 is 1.58 bits per heavy atom. The van der Waals surface area contributed by atoms with E-state index in [1.54, 1.807) is 6.20 Å². The zero-order chi connectivity index (χ0) is 13.8. The lowest BCUT2D eigenvalue weighted by molar-refractivity contribution is 0.532. The highest BCUT2D eigenvalue weighted by Crippen LogP contribution is 2.36. The number of rotatable bonds is 7. The molecule has 1 N–H and O–H groups in total. The first-order valence-electron chi connectivity index (χ1n) is 7.13. The van der Waals surface area contributed by atoms with Gasteiger partial charge in [-0.05, 0) is 31.1 Å². The summed E-state index contributed by atoms with van der Waals surface area (Å²) in [5.74, 6) is 1.46. The van der Waals surface area contributed by atoms with Gasteiger partial charge in [0.25, 0.3) is 5.56 Å². The zero-order valence-corrected chi connectivity index (χ0v) is 12.4. The van der Waals surface area contributed by atoms with E-state index in [0.717, 1.165) is 25.3 Å². The van der Waals surface area contributed by atoms with E-state index >= 15 is 0 Å². The average molecular weight is 284 g/mol. The number of hydrogen-bond donors (Lipinski definition) is 1. The largest absolute Gasteiger partial charge is 0.382 e. The highest BCUT2D eigenvalue weighted by molar-refractivity contribution is 6.32. The first-order valence-corrected chi connectivity index (χ1v) is 7.50. The lowest BCUT2D eigenvalue weighted by Crippen LogP contribution is -2.25. The standard InChI is InChI=1S/C14H22ClN3O/c1-3-4-7-18-14(19)13(15)12(9-17-18)16-8-10(2)11-5-6-11/h9-11,16H,3-8H2,1-2H3. The van der Waals surface area contributed by atoms with Crippen molar-refractivity contribution in [2.24, 2.45) is 11.8 Å². The molecule has 2 rings (SSSR count). The molecule has 1 aliphatic rings. The van der Waals surface area contributed by atoms with Crippen molar-refractivity contribution >= 4 is 17.3 Å². The minimum absolute atomic E-state index is 0.195. The predicted octanol–water partition coefficient (Wildman–Crippen LogP) is 3.15. The van der Waals surface area contributed by atoms with Crippen LogP contribution < -0.4 is 10.9 Å². The van der Waals surface area contributed by atoms with E-state index in [9.17, 15) is 4.79 Å². The Bertz CT molecular complexity index is 482. The number of aromatic nitrogens is 2. The van der Waals surface area contributed by atoms with Gasteiger partial charge >= 0.3 is 0 Å². The van der Waals surface area contributed by atoms with Crippen LogP contribution in [0.1, 0.15) is 39.5 Å². The summed E-state index contributed by atoms with van der Waals surface area (Å²) >= 11 is 6.12. The molecule has 1 atom stereocenters. The van der Waals surface area contributed by atoms with Crippen molar-refractivity contribution in [1.29, 1.82) is 0 Å². The fourth-order valence-corrected chi connectivity index (χ4v) is 2.37. The average Bonchev–Trinajstić information content (AvgIpc) is 3.23. The van der Waals surface area contributed by atoms with Crippen LogP contribution in [0.25, 0.3) is 0 Å². The SMILES string of the molecule is CCCCn1ncc(NCC(C)C2CC2)c(Cl)c1=O. The van der Waals surface area contributed by atoms with Crippen LogP contribution >= 0.6 is 11.6 Å². The molecule has 1 saturated carbocycles. The predicted molar refractivity (Wildman–Crippen MR) is 78.8 cm³/mol. The van der Waals surface area contributed by atoms with E-state index in [-0.39, 0.29) is 10.6 Å². The third-order valence-corrected chi connectivity index (χ3v) is 4.11. The van der Waals surface area contributed by atoms with Crippen LogP contribution in [0.2, 0.25) is 5.02 Å². The topological polar surface area (TPSA) is 46.9 Å². The van der Waals surface area contributed by atoms with Gasteiger partial charge in [0.15, 0.2) is 0 Å². The summed E-state index contributed by atoms with van der Waals surface area (Å²) in [6.07, 6.45) is 6.29. The fourth-order valence-electron chi connectivity index (χ4n) is 2.16. The normalized spacial score (nSPS) is 16.4. The van der Waals surface area contributed by atoms with Gasteiger partial charge in [-0.1, -0.05) is 31.9 Å². The summed E-state index contributed by atoms with van der Waals surface area (Å²) in [6.45, 7) is 5.80. The Hall–Kier alpha value is -1.03. The summed E-state index contributed by atoms with van der Waals surface area (Å²) in [6, 6.07) is 0. The maximum atomic E-state index is 12.0. The number of anilines is 1. The van der Waals surface area contributed by atoms with Gasteiger partial charge < -0.3 is 5.32 Å². The highest BCUT2D eigenvalue weighted by atomic mass is 35.5. The fraction of sp³-hybridized carbons (Fsp3) is 0.714. The minimum Gasteiger partial charge on any atom is -0.382 e. The molecule has 1 unspecified atom stereocenters. The molecule has 0 aliphatic heterocycles. The van der Waals surface area contributed by atoms with Crippen LogP contribution in [-0.2, 0) is 6.54 Å². The van der Waals surface area contributed by atoms with Crippen LogP contribution in [0.15, 0.2) is 11.0 Å². The van der Waals surface area contributed by atoms with E-state index < -0.39 is 0 Å². The summed E-state index contributed by atoms with van der Waals surface area (Å²) in [4.78, 5) is 12.0. The smallest absolute Gasteiger partial charge is 0.287 e. The molecule has 0 bridgehead atoms. The van der Waals surface area contributed by atoms with Crippen LogP contribution in [0.3, 0.4) is 0 Å². The number of nitrogens with one attached hydrogen (secondary N) is 1. The Kier molecular flexibility index (Phi) is 4.86. The molecule has 0 amide bonds. The molecule has 1 aliphatic carbocycles. The Balaban J connectivity index is 2.00. The van der Waals surface area contributed by atoms with E-state index in [0.29, 0.717) is 18.2 Å². The number of halogens is 1. The third kappa shape index (κ3) is 3.72. The van der Waals surface area contributed by atoms with Crippen molar-refractivity contribution in [1.82, 2.24) is 9.78 Å². The second-order valence-corrected chi connectivity index (χ2v) is 5.83. The monoisotopic (exact) mass is 283 g/mol. The van der Waals surface area contributed by atoms with Gasteiger partial charge in [-0.3, -0.25) is 4.79 Å². The summed E-state index contributed by atoms with van der Waals surface area (Å²) in [5, 5.41) is 7.68. The maximum Gasteiger partial charge on any atom is 0.287 e. The Labute approximate surface area is 119 Å². The molecular formula is C14H22ClN3O. The zero-order valence-electron chi connectivity index (χ0n) is 11.7. The van der Waals surface area contributed by atoms with Gasteiger partial charge in [0.2, 0.25) is 0 Å². The quantitative estimate of drug-likeness (QED) is 0.836. The summed E-state index contributed by atoms with van der Waals surface area (Å²) < 4.78 is 1.45. The molecule has 19 heavy (non-hydrogen) atoms. The molecule has 1 fully saturated rings. The molecule has 0 saturated heterocycles. The Morgan fingerprint density at radius 2 is 2.32 bits per heavy atom. The van der Waals surface area contributed by atoms with Crippen LogP contribution in [0, 0.1) is 11.8 Å². The second-order valence-electron chi connectivity index (χ2n) is 5.45. The first kappa shape index (κ1) is 14.4. The molecule has 1 aromatic rings. The lowest BCUT2D eigenvalue weighted by Gasteiger charge is -2.14. The van der Waals surface area contributed by atoms with Gasteiger partial charge in [0.1, 0.15) is 5.02 Å². The first-order chi connectivity index (χ1) is 9.13. The molecule has 106 valence electrons. The highest BCUT2D eigenvalue weighted by Gasteiger charge is 2.27. The molecule has 0 radical (unpaired) electrons. The van der Waals surface area contributed by atoms with Gasteiger partial charge in [-0.2, -0.15) is 5.10 Å². The van der Waals surface area contributed by atoms with Crippen molar-refractivity contribution in [3.05, 3.63) is 21.6 Å². The van der Waals surface area contributed by atoms with Crippen LogP contribution in [-0.4, -0.2) is 16.3 Å². The van der Waals surface area contributed by atoms with Crippen molar-refractivity contribution < 1.29 is 0 Å². The number of nitrogens with zero attached hydrogens (tertiary/aromatic N) is 2. The number of unbranched alkanes of at least 4 members (excludes halogenated alkanes) is 1. The molecule has 4 nitrogen and oxygen atoms in total. The van der Waals surface area contributed by atoms with Gasteiger partial charge in [-0.25, -0.2) is 4.68 Å². The van der Waals surface area contributed by atoms with Gasteiger partial charge in [-0.15, -0.1) is 0 Å². The number of aryl methyl sites for hydroxylation is 1. The lowest BCUT2D eigenvalue weighted by atomic mass is 10.1. The minimum atomic E-state index is -0.195. The third-order valence-electron chi connectivity index (χ3n) is 3.75. The van der Waals surface area contributed by atoms with Crippen molar-refractivity contribution in [2.45, 2.75) is 46.1 Å². The molecule has 0 spiro atoms. The Morgan fingerprint density at radius 3 is 2.95 bits per heavy atom. The van der Waals surface area contributed by atoms with Gasteiger partial charge in [0, 0.05) is 13.1 Å². The van der Waals surface area contributed by atoms with E-state index in [4.69, 9.17) is 11.6 Å². The second kappa shape index (κ2) is 6.42. The van der Waals surface area contributed by atoms with E-state index in [1.165, 1.54) is 17.5 Å². The van der Waals surface area contributed by atoms with E-state index in [1.807, 2.05) is 0 Å². The summed E-state index contributed by atoms with van der Waals surface area (Å²) in [7, 11) is 0. The van der Waals surface area contributed by atoms with Crippen LogP contribution in [0.4, 0.5) is 5.69 Å².